The Morgan fingerprint density at radius 3 is 2.48 bits per heavy atom. The third kappa shape index (κ3) is 9.07. The first kappa shape index (κ1) is 22.5. The average molecular weight is 382 g/mol. The Balaban J connectivity index is 2.57. The van der Waals surface area contributed by atoms with Crippen molar-refractivity contribution in [1.29, 1.82) is 0 Å². The Hall–Kier alpha value is -2.58. The molecule has 0 fully saturated rings. The number of carbonyl (C=O) groups excluding carboxylic acids is 3. The Morgan fingerprint density at radius 2 is 1.93 bits per heavy atom. The fourth-order valence-electron chi connectivity index (χ4n) is 2.08. The van der Waals surface area contributed by atoms with Crippen molar-refractivity contribution in [3.63, 3.8) is 0 Å². The zero-order valence-corrected chi connectivity index (χ0v) is 16.7. The van der Waals surface area contributed by atoms with E-state index in [0.29, 0.717) is 19.4 Å². The van der Waals surface area contributed by atoms with E-state index in [2.05, 4.69) is 15.6 Å². The molecule has 9 heteroatoms. The fourth-order valence-corrected chi connectivity index (χ4v) is 2.08. The topological polar surface area (TPSA) is 112 Å². The highest BCUT2D eigenvalue weighted by molar-refractivity contribution is 5.87. The molecule has 2 N–H and O–H groups in total. The van der Waals surface area contributed by atoms with Gasteiger partial charge in [-0.05, 0) is 47.0 Å². The van der Waals surface area contributed by atoms with Crippen LogP contribution in [-0.4, -0.2) is 51.9 Å². The van der Waals surface area contributed by atoms with Crippen LogP contribution in [0.25, 0.3) is 0 Å². The van der Waals surface area contributed by atoms with Crippen LogP contribution < -0.4 is 10.6 Å². The van der Waals surface area contributed by atoms with Gasteiger partial charge in [-0.3, -0.25) is 9.36 Å². The van der Waals surface area contributed by atoms with Crippen LogP contribution in [0.3, 0.4) is 0 Å². The van der Waals surface area contributed by atoms with Crippen molar-refractivity contribution in [3.8, 4) is 0 Å². The van der Waals surface area contributed by atoms with Gasteiger partial charge in [0.25, 0.3) is 5.91 Å². The number of imidazole rings is 1. The molecule has 1 aromatic rings. The zero-order valence-electron chi connectivity index (χ0n) is 16.7. The molecule has 9 nitrogen and oxygen atoms in total. The maximum absolute atomic E-state index is 12.6. The van der Waals surface area contributed by atoms with Crippen LogP contribution in [0.15, 0.2) is 18.7 Å². The molecule has 1 aromatic heterocycles. The van der Waals surface area contributed by atoms with Crippen molar-refractivity contribution in [2.45, 2.75) is 71.6 Å². The summed E-state index contributed by atoms with van der Waals surface area (Å²) >= 11 is 0. The van der Waals surface area contributed by atoms with Gasteiger partial charge in [-0.1, -0.05) is 6.92 Å². The summed E-state index contributed by atoms with van der Waals surface area (Å²) in [5.74, 6) is -0.333. The molecule has 1 rings (SSSR count). The van der Waals surface area contributed by atoms with Crippen molar-refractivity contribution in [2.75, 3.05) is 6.54 Å². The molecular weight excluding hydrogens is 352 g/mol. The quantitative estimate of drug-likeness (QED) is 0.669. The lowest BCUT2D eigenvalue weighted by atomic mass is 10.1. The van der Waals surface area contributed by atoms with E-state index >= 15 is 0 Å². The molecular formula is C18H30N4O5. The van der Waals surface area contributed by atoms with Gasteiger partial charge < -0.3 is 20.1 Å². The summed E-state index contributed by atoms with van der Waals surface area (Å²) in [5.41, 5.74) is -0.673. The van der Waals surface area contributed by atoms with Crippen molar-refractivity contribution in [3.05, 3.63) is 18.7 Å². The lowest BCUT2D eigenvalue weighted by Crippen LogP contribution is -2.45. The molecule has 152 valence electrons. The number of hydrogen-bond acceptors (Lipinski definition) is 6. The van der Waals surface area contributed by atoms with E-state index in [0.717, 1.165) is 6.42 Å². The van der Waals surface area contributed by atoms with E-state index in [9.17, 15) is 14.4 Å². The SMILES string of the molecule is CCC(C)OC(=O)NCCC[C@H](NC(=O)OC(C)(C)C)C(=O)n1ccnc1. The molecule has 0 spiro atoms. The van der Waals surface area contributed by atoms with Crippen LogP contribution in [-0.2, 0) is 9.47 Å². The van der Waals surface area contributed by atoms with Gasteiger partial charge in [-0.15, -0.1) is 0 Å². The number of carbonyl (C=O) groups is 3. The summed E-state index contributed by atoms with van der Waals surface area (Å²) in [6.07, 6.45) is 4.54. The normalized spacial score (nSPS) is 13.4. The van der Waals surface area contributed by atoms with Gasteiger partial charge in [-0.25, -0.2) is 14.6 Å². The van der Waals surface area contributed by atoms with Crippen LogP contribution in [0.4, 0.5) is 9.59 Å². The van der Waals surface area contributed by atoms with E-state index < -0.39 is 23.8 Å². The second kappa shape index (κ2) is 10.5. The molecule has 0 saturated heterocycles. The minimum atomic E-state index is -0.804. The minimum Gasteiger partial charge on any atom is -0.447 e. The lowest BCUT2D eigenvalue weighted by molar-refractivity contribution is 0.0477. The van der Waals surface area contributed by atoms with Crippen LogP contribution in [0.1, 0.15) is 58.7 Å². The van der Waals surface area contributed by atoms with E-state index in [4.69, 9.17) is 9.47 Å². The van der Waals surface area contributed by atoms with E-state index in [1.165, 1.54) is 23.3 Å². The fraction of sp³-hybridized carbons (Fsp3) is 0.667. The third-order valence-corrected chi connectivity index (χ3v) is 3.57. The van der Waals surface area contributed by atoms with Crippen molar-refractivity contribution >= 4 is 18.1 Å². The summed E-state index contributed by atoms with van der Waals surface area (Å²) in [7, 11) is 0. The second-order valence-electron chi connectivity index (χ2n) is 7.20. The van der Waals surface area contributed by atoms with Crippen LogP contribution in [0.2, 0.25) is 0 Å². The second-order valence-corrected chi connectivity index (χ2v) is 7.20. The summed E-state index contributed by atoms with van der Waals surface area (Å²) < 4.78 is 11.6. The Labute approximate surface area is 159 Å². The van der Waals surface area contributed by atoms with Crippen molar-refractivity contribution < 1.29 is 23.9 Å². The molecule has 27 heavy (non-hydrogen) atoms. The van der Waals surface area contributed by atoms with Crippen LogP contribution in [0, 0.1) is 0 Å². The summed E-state index contributed by atoms with van der Waals surface area (Å²) in [4.78, 5) is 40.1. The molecule has 0 aromatic carbocycles. The number of hydrogen-bond donors (Lipinski definition) is 2. The molecule has 1 unspecified atom stereocenters. The largest absolute Gasteiger partial charge is 0.447 e. The monoisotopic (exact) mass is 382 g/mol. The Bertz CT molecular complexity index is 610. The first-order chi connectivity index (χ1) is 12.6. The Morgan fingerprint density at radius 1 is 1.22 bits per heavy atom. The summed E-state index contributed by atoms with van der Waals surface area (Å²) in [6.45, 7) is 9.28. The Kier molecular flexibility index (Phi) is 8.77. The highest BCUT2D eigenvalue weighted by Gasteiger charge is 2.25. The number of ether oxygens (including phenoxy) is 2. The molecule has 0 bridgehead atoms. The molecule has 1 heterocycles. The van der Waals surface area contributed by atoms with Crippen LogP contribution >= 0.6 is 0 Å². The summed E-state index contributed by atoms with van der Waals surface area (Å²) in [5, 5.41) is 5.22. The maximum Gasteiger partial charge on any atom is 0.408 e. The molecule has 2 amide bonds. The average Bonchev–Trinajstić information content (AvgIpc) is 3.09. The molecule has 0 radical (unpaired) electrons. The molecule has 2 atom stereocenters. The van der Waals surface area contributed by atoms with Gasteiger partial charge in [0.1, 0.15) is 24.1 Å². The van der Waals surface area contributed by atoms with Gasteiger partial charge in [0.05, 0.1) is 0 Å². The number of nitrogens with one attached hydrogen (secondary N) is 2. The molecule has 0 aliphatic heterocycles. The van der Waals surface area contributed by atoms with Gasteiger partial charge in [-0.2, -0.15) is 0 Å². The van der Waals surface area contributed by atoms with Gasteiger partial charge in [0.2, 0.25) is 0 Å². The molecule has 0 aliphatic carbocycles. The predicted molar refractivity (Wildman–Crippen MR) is 99.5 cm³/mol. The highest BCUT2D eigenvalue weighted by Crippen LogP contribution is 2.09. The minimum absolute atomic E-state index is 0.158. The van der Waals surface area contributed by atoms with Crippen molar-refractivity contribution in [2.24, 2.45) is 0 Å². The first-order valence-electron chi connectivity index (χ1n) is 9.08. The molecule has 0 saturated carbocycles. The number of nitrogens with zero attached hydrogens (tertiary/aromatic N) is 2. The standard InChI is InChI=1S/C18H30N4O5/c1-6-13(2)26-16(24)20-9-7-8-14(15(23)22-11-10-19-12-22)21-17(25)27-18(3,4)5/h10-14H,6-9H2,1-5H3,(H,20,24)(H,21,25)/t13?,14-/m0/s1. The number of amides is 2. The lowest BCUT2D eigenvalue weighted by Gasteiger charge is -2.23. The molecule has 0 aliphatic rings. The van der Waals surface area contributed by atoms with E-state index in [1.54, 1.807) is 20.8 Å². The van der Waals surface area contributed by atoms with Gasteiger partial charge in [0, 0.05) is 18.9 Å². The zero-order chi connectivity index (χ0) is 20.4. The van der Waals surface area contributed by atoms with E-state index in [-0.39, 0.29) is 12.0 Å². The smallest absolute Gasteiger partial charge is 0.408 e. The van der Waals surface area contributed by atoms with Crippen LogP contribution in [0.5, 0.6) is 0 Å². The van der Waals surface area contributed by atoms with Gasteiger partial charge >= 0.3 is 12.2 Å². The first-order valence-corrected chi connectivity index (χ1v) is 9.08. The summed E-state index contributed by atoms with van der Waals surface area (Å²) in [6, 6.07) is -0.804. The number of rotatable bonds is 8. The van der Waals surface area contributed by atoms with Gasteiger partial charge in [0.15, 0.2) is 0 Å². The van der Waals surface area contributed by atoms with E-state index in [1.807, 2.05) is 13.8 Å². The third-order valence-electron chi connectivity index (χ3n) is 3.57. The maximum atomic E-state index is 12.6. The van der Waals surface area contributed by atoms with Crippen molar-refractivity contribution in [1.82, 2.24) is 20.2 Å². The predicted octanol–water partition coefficient (Wildman–Crippen LogP) is 2.72. The highest BCUT2D eigenvalue weighted by atomic mass is 16.6. The number of aromatic nitrogens is 2. The number of alkyl carbamates (subject to hydrolysis) is 2.